The summed E-state index contributed by atoms with van der Waals surface area (Å²) in [6.45, 7) is 2.95. The van der Waals surface area contributed by atoms with Crippen molar-refractivity contribution in [1.82, 2.24) is 10.2 Å². The molecule has 1 aliphatic rings. The number of anilines is 1. The number of amides is 2. The van der Waals surface area contributed by atoms with Crippen LogP contribution in [0.25, 0.3) is 0 Å². The molecule has 0 bridgehead atoms. The van der Waals surface area contributed by atoms with E-state index in [0.29, 0.717) is 12.0 Å². The SMILES string of the molecule is CCC(C(=O)NC1CCCCC1)N(Cc1ccccc1)C(=O)CN(c1cc([N+](=O)[O-])ccc1C)S(C)(=O)=O. The molecule has 2 amide bonds. The molecule has 1 saturated carbocycles. The Hall–Kier alpha value is -3.47. The molecule has 3 rings (SSSR count). The van der Waals surface area contributed by atoms with Crippen LogP contribution in [0.4, 0.5) is 11.4 Å². The number of aryl methyl sites for hydroxylation is 1. The summed E-state index contributed by atoms with van der Waals surface area (Å²) in [5.41, 5.74) is 1.02. The lowest BCUT2D eigenvalue weighted by molar-refractivity contribution is -0.384. The van der Waals surface area contributed by atoms with Gasteiger partial charge in [-0.05, 0) is 37.3 Å². The van der Waals surface area contributed by atoms with Crippen molar-refractivity contribution in [2.75, 3.05) is 17.1 Å². The van der Waals surface area contributed by atoms with E-state index >= 15 is 0 Å². The Kier molecular flexibility index (Phi) is 9.84. The molecule has 0 heterocycles. The summed E-state index contributed by atoms with van der Waals surface area (Å²) in [5.74, 6) is -0.836. The van der Waals surface area contributed by atoms with Crippen LogP contribution in [0.2, 0.25) is 0 Å². The molecular formula is C27H36N4O6S. The minimum atomic E-state index is -4.00. The van der Waals surface area contributed by atoms with Crippen molar-refractivity contribution in [2.45, 2.75) is 71.0 Å². The van der Waals surface area contributed by atoms with Gasteiger partial charge in [0.15, 0.2) is 0 Å². The molecule has 206 valence electrons. The van der Waals surface area contributed by atoms with Crippen molar-refractivity contribution >= 4 is 33.2 Å². The van der Waals surface area contributed by atoms with Crippen LogP contribution in [0.15, 0.2) is 48.5 Å². The first-order valence-corrected chi connectivity index (χ1v) is 14.7. The molecule has 11 heteroatoms. The van der Waals surface area contributed by atoms with Crippen molar-refractivity contribution in [3.63, 3.8) is 0 Å². The second kappa shape index (κ2) is 12.9. The van der Waals surface area contributed by atoms with Gasteiger partial charge in [0, 0.05) is 24.7 Å². The van der Waals surface area contributed by atoms with Crippen LogP contribution >= 0.6 is 0 Å². The number of hydrogen-bond donors (Lipinski definition) is 1. The van der Waals surface area contributed by atoms with Crippen LogP contribution in [0.5, 0.6) is 0 Å². The highest BCUT2D eigenvalue weighted by Gasteiger charge is 2.33. The van der Waals surface area contributed by atoms with E-state index in [0.717, 1.165) is 54.3 Å². The van der Waals surface area contributed by atoms with E-state index < -0.39 is 33.4 Å². The third-order valence-electron chi connectivity index (χ3n) is 6.88. The lowest BCUT2D eigenvalue weighted by atomic mass is 9.95. The highest BCUT2D eigenvalue weighted by Crippen LogP contribution is 2.28. The Morgan fingerprint density at radius 1 is 1.11 bits per heavy atom. The number of sulfonamides is 1. The van der Waals surface area contributed by atoms with Crippen LogP contribution in [-0.4, -0.2) is 54.9 Å². The first kappa shape index (κ1) is 29.1. The summed E-state index contributed by atoms with van der Waals surface area (Å²) in [5, 5.41) is 14.5. The zero-order valence-electron chi connectivity index (χ0n) is 22.1. The Bertz CT molecular complexity index is 1250. The smallest absolute Gasteiger partial charge is 0.271 e. The number of hydrogen-bond acceptors (Lipinski definition) is 6. The Morgan fingerprint density at radius 2 is 1.76 bits per heavy atom. The lowest BCUT2D eigenvalue weighted by Crippen LogP contribution is -2.54. The predicted octanol–water partition coefficient (Wildman–Crippen LogP) is 3.93. The van der Waals surface area contributed by atoms with E-state index in [-0.39, 0.29) is 29.9 Å². The molecule has 1 unspecified atom stereocenters. The highest BCUT2D eigenvalue weighted by molar-refractivity contribution is 7.92. The van der Waals surface area contributed by atoms with Gasteiger partial charge < -0.3 is 10.2 Å². The van der Waals surface area contributed by atoms with Crippen molar-refractivity contribution in [3.05, 3.63) is 69.8 Å². The number of rotatable bonds is 11. The highest BCUT2D eigenvalue weighted by atomic mass is 32.2. The van der Waals surface area contributed by atoms with E-state index in [1.54, 1.807) is 6.92 Å². The number of non-ortho nitro benzene ring substituents is 1. The molecule has 38 heavy (non-hydrogen) atoms. The molecule has 1 atom stereocenters. The molecule has 0 aliphatic heterocycles. The van der Waals surface area contributed by atoms with Gasteiger partial charge in [0.05, 0.1) is 16.9 Å². The molecule has 1 N–H and O–H groups in total. The first-order valence-electron chi connectivity index (χ1n) is 12.9. The standard InChI is InChI=1S/C27H36N4O6S/c1-4-24(27(33)28-22-13-9-6-10-14-22)29(18-21-11-7-5-8-12-21)26(32)19-30(38(3,36)37)25-17-23(31(34)35)16-15-20(25)2/h5,7-8,11-12,15-17,22,24H,4,6,9-10,13-14,18-19H2,1-3H3,(H,28,33). The molecule has 0 spiro atoms. The average molecular weight is 545 g/mol. The molecule has 2 aromatic rings. The van der Waals surface area contributed by atoms with Gasteiger partial charge in [-0.15, -0.1) is 0 Å². The molecule has 0 saturated heterocycles. The third-order valence-corrected chi connectivity index (χ3v) is 8.01. The topological polar surface area (TPSA) is 130 Å². The van der Waals surface area contributed by atoms with Crippen LogP contribution in [0.3, 0.4) is 0 Å². The summed E-state index contributed by atoms with van der Waals surface area (Å²) >= 11 is 0. The number of carbonyl (C=O) groups is 2. The molecule has 0 aromatic heterocycles. The van der Waals surface area contributed by atoms with Gasteiger partial charge in [0.2, 0.25) is 21.8 Å². The van der Waals surface area contributed by atoms with Crippen LogP contribution in [0, 0.1) is 17.0 Å². The largest absolute Gasteiger partial charge is 0.352 e. The zero-order chi connectivity index (χ0) is 27.9. The van der Waals surface area contributed by atoms with E-state index in [1.807, 2.05) is 37.3 Å². The Morgan fingerprint density at radius 3 is 2.34 bits per heavy atom. The Balaban J connectivity index is 1.95. The number of nitro benzene ring substituents is 1. The van der Waals surface area contributed by atoms with Crippen LogP contribution < -0.4 is 9.62 Å². The molecule has 1 fully saturated rings. The van der Waals surface area contributed by atoms with E-state index in [9.17, 15) is 28.1 Å². The number of carbonyl (C=O) groups excluding carboxylic acids is 2. The second-order valence-electron chi connectivity index (χ2n) is 9.77. The van der Waals surface area contributed by atoms with Gasteiger partial charge in [-0.1, -0.05) is 62.6 Å². The molecular weight excluding hydrogens is 508 g/mol. The first-order chi connectivity index (χ1) is 18.0. The summed E-state index contributed by atoms with van der Waals surface area (Å²) in [6.07, 6.45) is 6.30. The monoisotopic (exact) mass is 544 g/mol. The summed E-state index contributed by atoms with van der Waals surface area (Å²) < 4.78 is 26.5. The fourth-order valence-electron chi connectivity index (χ4n) is 4.82. The number of nitrogens with zero attached hydrogens (tertiary/aromatic N) is 3. The van der Waals surface area contributed by atoms with Gasteiger partial charge in [-0.25, -0.2) is 8.42 Å². The van der Waals surface area contributed by atoms with Crippen molar-refractivity contribution < 1.29 is 22.9 Å². The molecule has 0 radical (unpaired) electrons. The summed E-state index contributed by atoms with van der Waals surface area (Å²) in [6, 6.07) is 12.3. The van der Waals surface area contributed by atoms with Crippen molar-refractivity contribution in [3.8, 4) is 0 Å². The quantitative estimate of drug-likeness (QED) is 0.337. The van der Waals surface area contributed by atoms with Crippen LogP contribution in [0.1, 0.15) is 56.6 Å². The van der Waals surface area contributed by atoms with Crippen molar-refractivity contribution in [2.24, 2.45) is 0 Å². The lowest BCUT2D eigenvalue weighted by Gasteiger charge is -2.34. The van der Waals surface area contributed by atoms with Gasteiger partial charge in [0.1, 0.15) is 12.6 Å². The van der Waals surface area contributed by atoms with Gasteiger partial charge >= 0.3 is 0 Å². The molecule has 10 nitrogen and oxygen atoms in total. The summed E-state index contributed by atoms with van der Waals surface area (Å²) in [4.78, 5) is 39.4. The Labute approximate surface area is 224 Å². The third kappa shape index (κ3) is 7.53. The second-order valence-corrected chi connectivity index (χ2v) is 11.7. The number of nitro groups is 1. The maximum absolute atomic E-state index is 13.8. The normalized spacial score (nSPS) is 14.9. The number of benzene rings is 2. The van der Waals surface area contributed by atoms with E-state index in [4.69, 9.17) is 0 Å². The van der Waals surface area contributed by atoms with Gasteiger partial charge in [-0.3, -0.25) is 24.0 Å². The average Bonchev–Trinajstić information content (AvgIpc) is 2.88. The van der Waals surface area contributed by atoms with Gasteiger partial charge in [-0.2, -0.15) is 0 Å². The zero-order valence-corrected chi connectivity index (χ0v) is 22.9. The minimum Gasteiger partial charge on any atom is -0.352 e. The fourth-order valence-corrected chi connectivity index (χ4v) is 5.72. The predicted molar refractivity (Wildman–Crippen MR) is 146 cm³/mol. The molecule has 1 aliphatic carbocycles. The number of nitrogens with one attached hydrogen (secondary N) is 1. The van der Waals surface area contributed by atoms with Crippen molar-refractivity contribution in [1.29, 1.82) is 0 Å². The maximum Gasteiger partial charge on any atom is 0.271 e. The van der Waals surface area contributed by atoms with Gasteiger partial charge in [0.25, 0.3) is 5.69 Å². The minimum absolute atomic E-state index is 0.0504. The summed E-state index contributed by atoms with van der Waals surface area (Å²) in [7, 11) is -4.00. The van der Waals surface area contributed by atoms with E-state index in [1.165, 1.54) is 17.0 Å². The van der Waals surface area contributed by atoms with E-state index in [2.05, 4.69) is 5.32 Å². The van der Waals surface area contributed by atoms with Crippen LogP contribution in [-0.2, 0) is 26.2 Å². The molecule has 2 aromatic carbocycles. The fraction of sp³-hybridized carbons (Fsp3) is 0.481. The maximum atomic E-state index is 13.8.